The standard InChI is InChI=1S/C10H13N3O2S/c1-6(14)9(15)12-10-11-7-3-4-13(2)5-8(7)16-10/h3-5H2,1-2H3,(H,11,12,15). The molecule has 0 bridgehead atoms. The van der Waals surface area contributed by atoms with Gasteiger partial charge in [-0.3, -0.25) is 14.9 Å². The molecule has 6 heteroatoms. The number of ketones is 1. The van der Waals surface area contributed by atoms with E-state index in [1.807, 2.05) is 0 Å². The second kappa shape index (κ2) is 4.31. The third-order valence-corrected chi connectivity index (χ3v) is 3.46. The second-order valence-electron chi connectivity index (χ2n) is 3.89. The van der Waals surface area contributed by atoms with Crippen LogP contribution < -0.4 is 5.32 Å². The topological polar surface area (TPSA) is 62.3 Å². The van der Waals surface area contributed by atoms with Crippen LogP contribution in [0.3, 0.4) is 0 Å². The van der Waals surface area contributed by atoms with Crippen molar-refractivity contribution in [2.24, 2.45) is 0 Å². The van der Waals surface area contributed by atoms with Gasteiger partial charge in [-0.15, -0.1) is 11.3 Å². The Hall–Kier alpha value is -1.27. The Bertz CT molecular complexity index is 441. The van der Waals surface area contributed by atoms with Crippen LogP contribution >= 0.6 is 11.3 Å². The first-order chi connectivity index (χ1) is 7.56. The normalized spacial score (nSPS) is 15.6. The number of rotatable bonds is 2. The van der Waals surface area contributed by atoms with Crippen LogP contribution in [0.15, 0.2) is 0 Å². The van der Waals surface area contributed by atoms with Gasteiger partial charge < -0.3 is 4.90 Å². The summed E-state index contributed by atoms with van der Waals surface area (Å²) in [5.74, 6) is -1.09. The molecule has 1 aliphatic rings. The summed E-state index contributed by atoms with van der Waals surface area (Å²) in [6.45, 7) is 3.09. The molecule has 0 radical (unpaired) electrons. The largest absolute Gasteiger partial charge is 0.301 e. The summed E-state index contributed by atoms with van der Waals surface area (Å²) < 4.78 is 0. The van der Waals surface area contributed by atoms with E-state index >= 15 is 0 Å². The number of fused-ring (bicyclic) bond motifs is 1. The van der Waals surface area contributed by atoms with Crippen molar-refractivity contribution in [3.63, 3.8) is 0 Å². The Balaban J connectivity index is 2.13. The van der Waals surface area contributed by atoms with Gasteiger partial charge in [0.1, 0.15) is 0 Å². The van der Waals surface area contributed by atoms with E-state index in [0.717, 1.165) is 25.2 Å². The minimum absolute atomic E-state index is 0.495. The van der Waals surface area contributed by atoms with Crippen LogP contribution in [0.2, 0.25) is 0 Å². The lowest BCUT2D eigenvalue weighted by molar-refractivity contribution is -0.133. The average Bonchev–Trinajstić information content (AvgIpc) is 2.58. The third kappa shape index (κ3) is 2.28. The quantitative estimate of drug-likeness (QED) is 0.770. The van der Waals surface area contributed by atoms with Crippen LogP contribution in [-0.4, -0.2) is 35.2 Å². The van der Waals surface area contributed by atoms with Gasteiger partial charge in [0.05, 0.1) is 5.69 Å². The molecule has 0 unspecified atom stereocenters. The van der Waals surface area contributed by atoms with E-state index in [9.17, 15) is 9.59 Å². The number of nitrogens with zero attached hydrogens (tertiary/aromatic N) is 2. The van der Waals surface area contributed by atoms with Crippen molar-refractivity contribution in [2.45, 2.75) is 19.9 Å². The fraction of sp³-hybridized carbons (Fsp3) is 0.500. The number of hydrogen-bond acceptors (Lipinski definition) is 5. The fourth-order valence-corrected chi connectivity index (χ4v) is 2.65. The molecule has 16 heavy (non-hydrogen) atoms. The van der Waals surface area contributed by atoms with Gasteiger partial charge in [0.25, 0.3) is 5.91 Å². The Morgan fingerprint density at radius 3 is 2.94 bits per heavy atom. The molecular formula is C10H13N3O2S. The number of thiazole rings is 1. The summed E-state index contributed by atoms with van der Waals surface area (Å²) in [5.41, 5.74) is 1.04. The fourth-order valence-electron chi connectivity index (χ4n) is 1.56. The van der Waals surface area contributed by atoms with Gasteiger partial charge in [0.15, 0.2) is 5.13 Å². The van der Waals surface area contributed by atoms with Crippen molar-refractivity contribution in [2.75, 3.05) is 18.9 Å². The zero-order valence-corrected chi connectivity index (χ0v) is 10.1. The SMILES string of the molecule is CC(=O)C(=O)Nc1nc2c(s1)CN(C)CC2. The summed E-state index contributed by atoms with van der Waals surface area (Å²) in [5, 5.41) is 3.04. The molecule has 0 aliphatic carbocycles. The molecule has 0 saturated carbocycles. The van der Waals surface area contributed by atoms with E-state index in [1.54, 1.807) is 0 Å². The van der Waals surface area contributed by atoms with Crippen molar-refractivity contribution < 1.29 is 9.59 Å². The highest BCUT2D eigenvalue weighted by Gasteiger charge is 2.19. The Morgan fingerprint density at radius 1 is 1.50 bits per heavy atom. The van der Waals surface area contributed by atoms with Gasteiger partial charge in [-0.05, 0) is 7.05 Å². The van der Waals surface area contributed by atoms with Crippen LogP contribution in [0.5, 0.6) is 0 Å². The summed E-state index contributed by atoms with van der Waals surface area (Å²) in [7, 11) is 2.05. The van der Waals surface area contributed by atoms with E-state index in [1.165, 1.54) is 23.1 Å². The highest BCUT2D eigenvalue weighted by atomic mass is 32.1. The molecule has 0 saturated heterocycles. The van der Waals surface area contributed by atoms with E-state index in [2.05, 4.69) is 22.2 Å². The highest BCUT2D eigenvalue weighted by molar-refractivity contribution is 7.16. The smallest absolute Gasteiger partial charge is 0.293 e. The number of likely N-dealkylation sites (N-methyl/N-ethyl adjacent to an activating group) is 1. The lowest BCUT2D eigenvalue weighted by atomic mass is 10.2. The summed E-state index contributed by atoms with van der Waals surface area (Å²) in [6.07, 6.45) is 0.901. The van der Waals surface area contributed by atoms with Gasteiger partial charge in [-0.2, -0.15) is 0 Å². The molecule has 0 aromatic carbocycles. The Labute approximate surface area is 97.5 Å². The number of nitrogens with one attached hydrogen (secondary N) is 1. The third-order valence-electron chi connectivity index (χ3n) is 2.46. The molecule has 2 heterocycles. The number of carbonyl (C=O) groups excluding carboxylic acids is 2. The molecule has 0 spiro atoms. The molecule has 1 aromatic rings. The van der Waals surface area contributed by atoms with E-state index in [0.29, 0.717) is 5.13 Å². The van der Waals surface area contributed by atoms with E-state index in [-0.39, 0.29) is 0 Å². The zero-order valence-electron chi connectivity index (χ0n) is 9.24. The van der Waals surface area contributed by atoms with Gasteiger partial charge in [0, 0.05) is 31.3 Å². The molecular weight excluding hydrogens is 226 g/mol. The highest BCUT2D eigenvalue weighted by Crippen LogP contribution is 2.27. The van der Waals surface area contributed by atoms with Crippen molar-refractivity contribution >= 4 is 28.2 Å². The molecule has 5 nitrogen and oxygen atoms in total. The first-order valence-electron chi connectivity index (χ1n) is 5.05. The summed E-state index contributed by atoms with van der Waals surface area (Å²) in [6, 6.07) is 0. The van der Waals surface area contributed by atoms with Crippen molar-refractivity contribution in [3.05, 3.63) is 10.6 Å². The predicted molar refractivity (Wildman–Crippen MR) is 61.5 cm³/mol. The number of carbonyl (C=O) groups is 2. The average molecular weight is 239 g/mol. The molecule has 86 valence electrons. The van der Waals surface area contributed by atoms with Crippen molar-refractivity contribution in [1.29, 1.82) is 0 Å². The Kier molecular flexibility index (Phi) is 3.02. The van der Waals surface area contributed by atoms with Crippen LogP contribution in [0.25, 0.3) is 0 Å². The van der Waals surface area contributed by atoms with Crippen LogP contribution in [0, 0.1) is 0 Å². The van der Waals surface area contributed by atoms with Gasteiger partial charge >= 0.3 is 0 Å². The summed E-state index contributed by atoms with van der Waals surface area (Å²) in [4.78, 5) is 29.7. The maximum Gasteiger partial charge on any atom is 0.293 e. The molecule has 0 fully saturated rings. The first kappa shape index (κ1) is 11.2. The molecule has 0 atom stereocenters. The van der Waals surface area contributed by atoms with Crippen molar-refractivity contribution in [1.82, 2.24) is 9.88 Å². The number of amides is 1. The van der Waals surface area contributed by atoms with Crippen LogP contribution in [0.4, 0.5) is 5.13 Å². The maximum atomic E-state index is 11.2. The molecule has 1 amide bonds. The molecule has 1 aliphatic heterocycles. The predicted octanol–water partition coefficient (Wildman–Crippen LogP) is 0.658. The summed E-state index contributed by atoms with van der Waals surface area (Å²) >= 11 is 1.45. The molecule has 1 aromatic heterocycles. The monoisotopic (exact) mass is 239 g/mol. The molecule has 1 N–H and O–H groups in total. The first-order valence-corrected chi connectivity index (χ1v) is 5.87. The van der Waals surface area contributed by atoms with Crippen LogP contribution in [0.1, 0.15) is 17.5 Å². The lowest BCUT2D eigenvalue weighted by Gasteiger charge is -2.20. The minimum atomic E-state index is -0.598. The van der Waals surface area contributed by atoms with Crippen LogP contribution in [-0.2, 0) is 22.6 Å². The second-order valence-corrected chi connectivity index (χ2v) is 4.97. The maximum absolute atomic E-state index is 11.2. The Morgan fingerprint density at radius 2 is 2.25 bits per heavy atom. The molecule has 2 rings (SSSR count). The zero-order chi connectivity index (χ0) is 11.7. The van der Waals surface area contributed by atoms with Gasteiger partial charge in [0.2, 0.25) is 5.78 Å². The lowest BCUT2D eigenvalue weighted by Crippen LogP contribution is -2.25. The number of hydrogen-bond donors (Lipinski definition) is 1. The van der Waals surface area contributed by atoms with Gasteiger partial charge in [-0.1, -0.05) is 0 Å². The van der Waals surface area contributed by atoms with E-state index < -0.39 is 11.7 Å². The minimum Gasteiger partial charge on any atom is -0.301 e. The van der Waals surface area contributed by atoms with E-state index in [4.69, 9.17) is 0 Å². The van der Waals surface area contributed by atoms with Crippen molar-refractivity contribution in [3.8, 4) is 0 Å². The number of anilines is 1. The van der Waals surface area contributed by atoms with Gasteiger partial charge in [-0.25, -0.2) is 4.98 Å². The number of Topliss-reactive ketones (excluding diaryl/α,β-unsaturated/α-hetero) is 1. The number of aromatic nitrogens is 1.